The molecule has 0 aromatic heterocycles. The van der Waals surface area contributed by atoms with Crippen LogP contribution in [0, 0.1) is 18.3 Å². The van der Waals surface area contributed by atoms with E-state index in [-0.39, 0.29) is 0 Å². The van der Waals surface area contributed by atoms with E-state index in [0.717, 1.165) is 17.8 Å². The van der Waals surface area contributed by atoms with Crippen molar-refractivity contribution in [2.45, 2.75) is 13.0 Å². The van der Waals surface area contributed by atoms with Gasteiger partial charge in [-0.25, -0.2) is 4.79 Å². The first kappa shape index (κ1) is 12.4. The van der Waals surface area contributed by atoms with Crippen LogP contribution < -0.4 is 10.2 Å². The summed E-state index contributed by atoms with van der Waals surface area (Å²) in [6, 6.07) is 6.99. The standard InChI is InChI=1S/C13H15N3O2/c1-9-6-11(3-2-10(9)7-14)16-5-4-15-8-12(16)13(17)18/h2-3,6,12,15H,4-5,8H2,1H3,(H,17,18). The molecule has 2 N–H and O–H groups in total. The van der Waals surface area contributed by atoms with Gasteiger partial charge in [0.05, 0.1) is 11.6 Å². The molecule has 0 aliphatic carbocycles. The Bertz CT molecular complexity index is 507. The number of hydrogen-bond donors (Lipinski definition) is 2. The van der Waals surface area contributed by atoms with Gasteiger partial charge in [0, 0.05) is 25.3 Å². The summed E-state index contributed by atoms with van der Waals surface area (Å²) < 4.78 is 0. The predicted molar refractivity (Wildman–Crippen MR) is 67.5 cm³/mol. The van der Waals surface area contributed by atoms with Crippen molar-refractivity contribution in [3.05, 3.63) is 29.3 Å². The second-order valence-electron chi connectivity index (χ2n) is 4.36. The highest BCUT2D eigenvalue weighted by molar-refractivity contribution is 5.79. The molecule has 1 aromatic rings. The first-order valence-corrected chi connectivity index (χ1v) is 5.84. The van der Waals surface area contributed by atoms with Gasteiger partial charge < -0.3 is 15.3 Å². The maximum atomic E-state index is 11.2. The molecule has 1 aliphatic heterocycles. The van der Waals surface area contributed by atoms with Crippen LogP contribution in [-0.2, 0) is 4.79 Å². The third-order valence-corrected chi connectivity index (χ3v) is 3.19. The first-order chi connectivity index (χ1) is 8.63. The van der Waals surface area contributed by atoms with Crippen LogP contribution in [0.1, 0.15) is 11.1 Å². The molecule has 1 heterocycles. The summed E-state index contributed by atoms with van der Waals surface area (Å²) in [6.45, 7) is 3.72. The summed E-state index contributed by atoms with van der Waals surface area (Å²) in [5, 5.41) is 21.2. The Balaban J connectivity index is 2.32. The minimum atomic E-state index is -0.829. The van der Waals surface area contributed by atoms with Gasteiger partial charge in [-0.1, -0.05) is 0 Å². The summed E-state index contributed by atoms with van der Waals surface area (Å²) in [6.07, 6.45) is 0. The molecule has 0 spiro atoms. The van der Waals surface area contributed by atoms with Gasteiger partial charge in [-0.05, 0) is 30.7 Å². The molecule has 1 atom stereocenters. The van der Waals surface area contributed by atoms with Crippen molar-refractivity contribution in [3.8, 4) is 6.07 Å². The van der Waals surface area contributed by atoms with Crippen LogP contribution >= 0.6 is 0 Å². The van der Waals surface area contributed by atoms with E-state index in [4.69, 9.17) is 5.26 Å². The molecule has 1 saturated heterocycles. The number of benzene rings is 1. The molecule has 18 heavy (non-hydrogen) atoms. The van der Waals surface area contributed by atoms with Gasteiger partial charge in [0.2, 0.25) is 0 Å². The van der Waals surface area contributed by atoms with Gasteiger partial charge in [-0.3, -0.25) is 0 Å². The largest absolute Gasteiger partial charge is 0.480 e. The van der Waals surface area contributed by atoms with Crippen molar-refractivity contribution in [2.24, 2.45) is 0 Å². The van der Waals surface area contributed by atoms with E-state index < -0.39 is 12.0 Å². The fourth-order valence-electron chi connectivity index (χ4n) is 2.19. The van der Waals surface area contributed by atoms with E-state index in [0.29, 0.717) is 18.7 Å². The van der Waals surface area contributed by atoms with E-state index in [1.54, 1.807) is 6.07 Å². The molecular weight excluding hydrogens is 230 g/mol. The molecule has 0 radical (unpaired) electrons. The van der Waals surface area contributed by atoms with Crippen molar-refractivity contribution in [1.29, 1.82) is 5.26 Å². The zero-order valence-electron chi connectivity index (χ0n) is 10.2. The Hall–Kier alpha value is -2.06. The molecule has 0 bridgehead atoms. The number of aliphatic carboxylic acids is 1. The topological polar surface area (TPSA) is 76.4 Å². The number of hydrogen-bond acceptors (Lipinski definition) is 4. The van der Waals surface area contributed by atoms with Crippen LogP contribution in [-0.4, -0.2) is 36.8 Å². The highest BCUT2D eigenvalue weighted by Gasteiger charge is 2.28. The maximum Gasteiger partial charge on any atom is 0.327 e. The second kappa shape index (κ2) is 5.07. The van der Waals surface area contributed by atoms with E-state index in [1.807, 2.05) is 24.0 Å². The van der Waals surface area contributed by atoms with Gasteiger partial charge in [0.1, 0.15) is 6.04 Å². The maximum absolute atomic E-state index is 11.2. The zero-order valence-corrected chi connectivity index (χ0v) is 10.2. The van der Waals surface area contributed by atoms with Crippen molar-refractivity contribution in [2.75, 3.05) is 24.5 Å². The van der Waals surface area contributed by atoms with Crippen molar-refractivity contribution in [1.82, 2.24) is 5.32 Å². The molecule has 2 rings (SSSR count). The monoisotopic (exact) mass is 245 g/mol. The molecular formula is C13H15N3O2. The molecule has 1 aliphatic rings. The number of nitriles is 1. The SMILES string of the molecule is Cc1cc(N2CCNCC2C(=O)O)ccc1C#N. The summed E-state index contributed by atoms with van der Waals surface area (Å²) in [5.41, 5.74) is 2.36. The van der Waals surface area contributed by atoms with E-state index >= 15 is 0 Å². The minimum absolute atomic E-state index is 0.439. The van der Waals surface area contributed by atoms with Gasteiger partial charge in [0.25, 0.3) is 0 Å². The van der Waals surface area contributed by atoms with Crippen molar-refractivity contribution >= 4 is 11.7 Å². The van der Waals surface area contributed by atoms with E-state index in [2.05, 4.69) is 11.4 Å². The van der Waals surface area contributed by atoms with Crippen LogP contribution in [0.5, 0.6) is 0 Å². The molecule has 1 aromatic carbocycles. The number of aryl methyl sites for hydroxylation is 1. The number of carboxylic acid groups (broad SMARTS) is 1. The lowest BCUT2D eigenvalue weighted by Crippen LogP contribution is -2.55. The van der Waals surface area contributed by atoms with Gasteiger partial charge in [0.15, 0.2) is 0 Å². The summed E-state index contributed by atoms with van der Waals surface area (Å²) >= 11 is 0. The molecule has 5 nitrogen and oxygen atoms in total. The molecule has 5 heteroatoms. The Kier molecular flexibility index (Phi) is 3.49. The Morgan fingerprint density at radius 3 is 3.00 bits per heavy atom. The number of carboxylic acids is 1. The van der Waals surface area contributed by atoms with Crippen LogP contribution in [0.3, 0.4) is 0 Å². The molecule has 1 unspecified atom stereocenters. The number of piperazine rings is 1. The van der Waals surface area contributed by atoms with Crippen LogP contribution in [0.2, 0.25) is 0 Å². The fourth-order valence-corrected chi connectivity index (χ4v) is 2.19. The third kappa shape index (κ3) is 2.29. The summed E-state index contributed by atoms with van der Waals surface area (Å²) in [7, 11) is 0. The van der Waals surface area contributed by atoms with Gasteiger partial charge in [-0.15, -0.1) is 0 Å². The Morgan fingerprint density at radius 1 is 1.61 bits per heavy atom. The highest BCUT2D eigenvalue weighted by atomic mass is 16.4. The normalized spacial score (nSPS) is 19.3. The third-order valence-electron chi connectivity index (χ3n) is 3.19. The van der Waals surface area contributed by atoms with E-state index in [9.17, 15) is 9.90 Å². The molecule has 94 valence electrons. The quantitative estimate of drug-likeness (QED) is 0.803. The van der Waals surface area contributed by atoms with Crippen LogP contribution in [0.15, 0.2) is 18.2 Å². The Labute approximate surface area is 106 Å². The first-order valence-electron chi connectivity index (χ1n) is 5.84. The van der Waals surface area contributed by atoms with Crippen LogP contribution in [0.4, 0.5) is 5.69 Å². The molecule has 0 saturated carbocycles. The molecule has 0 amide bonds. The predicted octanol–water partition coefficient (Wildman–Crippen LogP) is 0.729. The minimum Gasteiger partial charge on any atom is -0.480 e. The van der Waals surface area contributed by atoms with Gasteiger partial charge >= 0.3 is 5.97 Å². The average Bonchev–Trinajstić information content (AvgIpc) is 2.38. The summed E-state index contributed by atoms with van der Waals surface area (Å²) in [4.78, 5) is 13.1. The van der Waals surface area contributed by atoms with E-state index in [1.165, 1.54) is 0 Å². The van der Waals surface area contributed by atoms with Gasteiger partial charge in [-0.2, -0.15) is 5.26 Å². The van der Waals surface area contributed by atoms with Crippen molar-refractivity contribution in [3.63, 3.8) is 0 Å². The number of nitrogens with zero attached hydrogens (tertiary/aromatic N) is 2. The smallest absolute Gasteiger partial charge is 0.327 e. The number of carbonyl (C=O) groups is 1. The Morgan fingerprint density at radius 2 is 2.39 bits per heavy atom. The fraction of sp³-hybridized carbons (Fsp3) is 0.385. The number of nitrogens with one attached hydrogen (secondary N) is 1. The zero-order chi connectivity index (χ0) is 13.1. The molecule has 1 fully saturated rings. The highest BCUT2D eigenvalue weighted by Crippen LogP contribution is 2.22. The van der Waals surface area contributed by atoms with Crippen LogP contribution in [0.25, 0.3) is 0 Å². The average molecular weight is 245 g/mol. The summed E-state index contributed by atoms with van der Waals surface area (Å²) in [5.74, 6) is -0.829. The lowest BCUT2D eigenvalue weighted by Gasteiger charge is -2.35. The second-order valence-corrected chi connectivity index (χ2v) is 4.36. The number of anilines is 1. The lowest BCUT2D eigenvalue weighted by atomic mass is 10.1. The number of rotatable bonds is 2. The van der Waals surface area contributed by atoms with Crippen molar-refractivity contribution < 1.29 is 9.90 Å². The lowest BCUT2D eigenvalue weighted by molar-refractivity contribution is -0.138.